The fourth-order valence-electron chi connectivity index (χ4n) is 0.290. The van der Waals surface area contributed by atoms with Crippen LogP contribution in [0.15, 0.2) is 0 Å². The summed E-state index contributed by atoms with van der Waals surface area (Å²) in [5, 5.41) is 0. The molecule has 0 aromatic heterocycles. The van der Waals surface area contributed by atoms with Crippen molar-refractivity contribution in [1.29, 1.82) is 0 Å². The molecule has 0 rings (SSSR count). The van der Waals surface area contributed by atoms with Crippen LogP contribution in [0.2, 0.25) is 0 Å². The number of rotatable bonds is 4. The minimum atomic E-state index is 0.424. The van der Waals surface area contributed by atoms with Crippen LogP contribution >= 0.6 is 22.6 Å². The fourth-order valence-corrected chi connectivity index (χ4v) is 3.53. The molecule has 8 heavy (non-hydrogen) atoms. The van der Waals surface area contributed by atoms with Gasteiger partial charge in [0.1, 0.15) is 0 Å². The average molecular weight is 340 g/mol. The maximum absolute atomic E-state index is 5.43. The van der Waals surface area contributed by atoms with Gasteiger partial charge in [-0.05, 0) is 0 Å². The molecule has 1 atom stereocenters. The summed E-state index contributed by atoms with van der Waals surface area (Å²) in [6, 6.07) is 0. The molecule has 0 fully saturated rings. The van der Waals surface area contributed by atoms with E-state index in [9.17, 15) is 0 Å². The third-order valence-electron chi connectivity index (χ3n) is 0.644. The average Bonchev–Trinajstić information content (AvgIpc) is 1.83. The topological polar surface area (TPSA) is 26.0 Å². The van der Waals surface area contributed by atoms with Gasteiger partial charge in [-0.3, -0.25) is 0 Å². The quantitative estimate of drug-likeness (QED) is 0.475. The van der Waals surface area contributed by atoms with E-state index in [1.165, 1.54) is 10.8 Å². The van der Waals surface area contributed by atoms with Crippen molar-refractivity contribution >= 4 is 22.6 Å². The normalized spacial score (nSPS) is 14.4. The maximum atomic E-state index is 5.43. The van der Waals surface area contributed by atoms with Crippen molar-refractivity contribution < 1.29 is 21.2 Å². The predicted molar refractivity (Wildman–Crippen MR) is 42.0 cm³/mol. The summed E-state index contributed by atoms with van der Waals surface area (Å²) in [5.41, 5.74) is 5.43. The third-order valence-corrected chi connectivity index (χ3v) is 6.55. The van der Waals surface area contributed by atoms with Gasteiger partial charge < -0.3 is 0 Å². The van der Waals surface area contributed by atoms with Gasteiger partial charge in [-0.2, -0.15) is 0 Å². The Morgan fingerprint density at radius 1 is 1.75 bits per heavy atom. The van der Waals surface area contributed by atoms with Crippen molar-refractivity contribution in [1.82, 2.24) is 0 Å². The first-order valence-corrected chi connectivity index (χ1v) is 6.74. The van der Waals surface area contributed by atoms with Crippen LogP contribution in [0, 0.1) is 0 Å². The van der Waals surface area contributed by atoms with Crippen LogP contribution in [0.1, 0.15) is 13.3 Å². The molecule has 0 bridgehead atoms. The van der Waals surface area contributed by atoms with E-state index in [1.807, 2.05) is 0 Å². The molecule has 0 radical (unpaired) electrons. The van der Waals surface area contributed by atoms with Crippen LogP contribution in [0.5, 0.6) is 0 Å². The molecule has 0 heterocycles. The van der Waals surface area contributed by atoms with E-state index in [1.54, 1.807) is 0 Å². The Morgan fingerprint density at radius 3 is 2.75 bits per heavy atom. The minimum absolute atomic E-state index is 0.424. The van der Waals surface area contributed by atoms with Gasteiger partial charge in [0.2, 0.25) is 0 Å². The Morgan fingerprint density at radius 2 is 2.38 bits per heavy atom. The van der Waals surface area contributed by atoms with Gasteiger partial charge in [0.15, 0.2) is 0 Å². The zero-order valence-corrected chi connectivity index (χ0v) is 9.35. The van der Waals surface area contributed by atoms with Crippen molar-refractivity contribution in [2.24, 2.45) is 5.73 Å². The van der Waals surface area contributed by atoms with Crippen molar-refractivity contribution in [2.45, 2.75) is 15.3 Å². The standard InChI is InChI=1S/C5H12I2N/c1-2-3-7-5(6)4-8/h5H,2-4,8H2,1H3/q-1/t5-/m1/s1. The molecule has 0 aliphatic rings. The SMILES string of the molecule is CCC[I-][C@@H](I)CN. The summed E-state index contributed by atoms with van der Waals surface area (Å²) in [6.07, 6.45) is 1.34. The van der Waals surface area contributed by atoms with Crippen molar-refractivity contribution in [3.63, 3.8) is 0 Å². The summed E-state index contributed by atoms with van der Waals surface area (Å²) in [4.78, 5) is 0. The van der Waals surface area contributed by atoms with Gasteiger partial charge in [-0.15, -0.1) is 0 Å². The Kier molecular flexibility index (Phi) is 7.70. The molecule has 0 aromatic rings. The number of hydrogen-bond acceptors (Lipinski definition) is 1. The second kappa shape index (κ2) is 6.54. The van der Waals surface area contributed by atoms with E-state index in [4.69, 9.17) is 5.73 Å². The van der Waals surface area contributed by atoms with Crippen molar-refractivity contribution in [3.8, 4) is 0 Å². The van der Waals surface area contributed by atoms with Gasteiger partial charge in [-0.1, -0.05) is 0 Å². The molecule has 52 valence electrons. The zero-order chi connectivity index (χ0) is 6.41. The van der Waals surface area contributed by atoms with E-state index in [-0.39, 0.29) is 0 Å². The predicted octanol–water partition coefficient (Wildman–Crippen LogP) is -1.79. The van der Waals surface area contributed by atoms with E-state index in [0.717, 1.165) is 8.48 Å². The van der Waals surface area contributed by atoms with Crippen molar-refractivity contribution in [3.05, 3.63) is 0 Å². The van der Waals surface area contributed by atoms with Crippen LogP contribution in [0.4, 0.5) is 0 Å². The van der Waals surface area contributed by atoms with Gasteiger partial charge in [0, 0.05) is 0 Å². The third kappa shape index (κ3) is 5.55. The van der Waals surface area contributed by atoms with E-state index >= 15 is 0 Å². The molecular weight excluding hydrogens is 328 g/mol. The van der Waals surface area contributed by atoms with Crippen molar-refractivity contribution in [2.75, 3.05) is 11.0 Å². The molecule has 0 spiro atoms. The van der Waals surface area contributed by atoms with E-state index in [2.05, 4.69) is 29.5 Å². The molecule has 0 amide bonds. The Bertz CT molecular complexity index is 49.7. The summed E-state index contributed by atoms with van der Waals surface area (Å²) in [5.74, 6) is 0. The molecule has 0 unspecified atom stereocenters. The molecule has 3 heteroatoms. The van der Waals surface area contributed by atoms with Gasteiger partial charge in [-0.25, -0.2) is 0 Å². The fraction of sp³-hybridized carbons (Fsp3) is 1.00. The monoisotopic (exact) mass is 340 g/mol. The number of hydrogen-bond donors (Lipinski definition) is 1. The molecule has 1 nitrogen and oxygen atoms in total. The van der Waals surface area contributed by atoms with Crippen LogP contribution in [-0.2, 0) is 0 Å². The van der Waals surface area contributed by atoms with E-state index < -0.39 is 0 Å². The summed E-state index contributed by atoms with van der Waals surface area (Å²) in [6.45, 7) is 3.12. The second-order valence-corrected chi connectivity index (χ2v) is 8.82. The first kappa shape index (κ1) is 9.42. The second-order valence-electron chi connectivity index (χ2n) is 1.47. The number of halogens is 2. The molecular formula is C5H12I2N-. The first-order chi connectivity index (χ1) is 3.81. The van der Waals surface area contributed by atoms with Crippen LogP contribution < -0.4 is 26.9 Å². The first-order valence-electron chi connectivity index (χ1n) is 2.73. The molecule has 0 saturated heterocycles. The molecule has 0 aromatic carbocycles. The Balaban J connectivity index is 2.86. The van der Waals surface area contributed by atoms with Crippen LogP contribution in [0.3, 0.4) is 0 Å². The number of nitrogens with two attached hydrogens (primary N) is 1. The zero-order valence-electron chi connectivity index (χ0n) is 5.03. The number of alkyl halides is 3. The van der Waals surface area contributed by atoms with Gasteiger partial charge in [0.05, 0.1) is 0 Å². The Hall–Kier alpha value is 1.42. The molecule has 0 saturated carbocycles. The Labute approximate surface area is 75.2 Å². The van der Waals surface area contributed by atoms with Gasteiger partial charge >= 0.3 is 75.8 Å². The van der Waals surface area contributed by atoms with E-state index in [0.29, 0.717) is 21.2 Å². The van der Waals surface area contributed by atoms with Gasteiger partial charge in [0.25, 0.3) is 0 Å². The molecule has 2 N–H and O–H groups in total. The molecule has 0 aliphatic heterocycles. The van der Waals surface area contributed by atoms with Crippen LogP contribution in [0.25, 0.3) is 0 Å². The summed E-state index contributed by atoms with van der Waals surface area (Å²) >= 11 is 2.88. The molecule has 0 aliphatic carbocycles. The van der Waals surface area contributed by atoms with Crippen LogP contribution in [-0.4, -0.2) is 12.9 Å². The summed E-state index contributed by atoms with van der Waals surface area (Å²) < 4.78 is 2.25. The summed E-state index contributed by atoms with van der Waals surface area (Å²) in [7, 11) is 0.